The fourth-order valence-corrected chi connectivity index (χ4v) is 5.74. The van der Waals surface area contributed by atoms with Crippen molar-refractivity contribution in [1.82, 2.24) is 15.0 Å². The minimum Gasteiger partial charge on any atom is -0.486 e. The smallest absolute Gasteiger partial charge is 0.323 e. The Morgan fingerprint density at radius 2 is 1.76 bits per heavy atom. The van der Waals surface area contributed by atoms with Crippen molar-refractivity contribution in [3.63, 3.8) is 0 Å². The molecule has 13 heteroatoms. The van der Waals surface area contributed by atoms with Crippen molar-refractivity contribution in [3.8, 4) is 5.75 Å². The highest BCUT2D eigenvalue weighted by Gasteiger charge is 2.34. The van der Waals surface area contributed by atoms with Crippen LogP contribution in [0.2, 0.25) is 0 Å². The molecule has 3 atom stereocenters. The molecule has 13 nitrogen and oxygen atoms in total. The van der Waals surface area contributed by atoms with Crippen molar-refractivity contribution in [1.29, 1.82) is 0 Å². The Bertz CT molecular complexity index is 1790. The standard InChI is InChI=1S/C36H43N7O6/c1-21-17-43(22(2)20-44)35(46)27-9-8-12-30(39-36(47)40-32-23(3)41-49-24(32)4)33(27)48-31(21)19-42(5)18-25-13-15-26(16-14-25)34(45)38-29-11-7-6-10-28(29)37/h6-16,21-22,31,44H,17-20,37H2,1-5H3,(H,38,45)(H2,39,40,47)/t21-,22-,31-/m1/s1. The molecule has 0 spiro atoms. The van der Waals surface area contributed by atoms with E-state index >= 15 is 0 Å². The maximum atomic E-state index is 13.8. The van der Waals surface area contributed by atoms with E-state index in [0.29, 0.717) is 59.4 Å². The number of aromatic nitrogens is 1. The third-order valence-electron chi connectivity index (χ3n) is 8.58. The summed E-state index contributed by atoms with van der Waals surface area (Å²) >= 11 is 0. The van der Waals surface area contributed by atoms with E-state index in [1.165, 1.54) is 0 Å². The van der Waals surface area contributed by atoms with Crippen LogP contribution >= 0.6 is 0 Å². The minimum atomic E-state index is -0.549. The number of amides is 4. The fraction of sp³-hybridized carbons (Fsp3) is 0.333. The molecule has 0 aliphatic carbocycles. The lowest BCUT2D eigenvalue weighted by atomic mass is 9.98. The van der Waals surface area contributed by atoms with Crippen LogP contribution in [-0.2, 0) is 6.54 Å². The number of hydrogen-bond donors (Lipinski definition) is 5. The zero-order valence-corrected chi connectivity index (χ0v) is 28.3. The Labute approximate surface area is 285 Å². The van der Waals surface area contributed by atoms with Crippen LogP contribution in [0.15, 0.2) is 71.3 Å². The molecule has 1 aromatic heterocycles. The summed E-state index contributed by atoms with van der Waals surface area (Å²) in [6, 6.07) is 18.5. The van der Waals surface area contributed by atoms with Gasteiger partial charge in [0.25, 0.3) is 11.8 Å². The van der Waals surface area contributed by atoms with Gasteiger partial charge in [0.1, 0.15) is 17.5 Å². The molecule has 0 bridgehead atoms. The van der Waals surface area contributed by atoms with E-state index in [1.807, 2.05) is 32.2 Å². The highest BCUT2D eigenvalue weighted by atomic mass is 16.5. The number of nitrogens with one attached hydrogen (secondary N) is 3. The monoisotopic (exact) mass is 669 g/mol. The Morgan fingerprint density at radius 3 is 2.43 bits per heavy atom. The van der Waals surface area contributed by atoms with Gasteiger partial charge >= 0.3 is 6.03 Å². The first kappa shape index (κ1) is 34.9. The van der Waals surface area contributed by atoms with Gasteiger partial charge in [-0.05, 0) is 69.8 Å². The number of fused-ring (bicyclic) bond motifs is 1. The number of para-hydroxylation sites is 3. The molecule has 4 amide bonds. The second-order valence-corrected chi connectivity index (χ2v) is 12.5. The van der Waals surface area contributed by atoms with Crippen LogP contribution in [0.3, 0.4) is 0 Å². The zero-order chi connectivity index (χ0) is 35.2. The van der Waals surface area contributed by atoms with Crippen molar-refractivity contribution < 1.29 is 28.8 Å². The lowest BCUT2D eigenvalue weighted by molar-refractivity contribution is 0.0343. The highest BCUT2D eigenvalue weighted by Crippen LogP contribution is 2.35. The van der Waals surface area contributed by atoms with Gasteiger partial charge in [0, 0.05) is 31.1 Å². The van der Waals surface area contributed by atoms with E-state index in [0.717, 1.165) is 5.56 Å². The number of carbonyl (C=O) groups is 3. The van der Waals surface area contributed by atoms with Gasteiger partial charge in [-0.25, -0.2) is 4.79 Å². The number of likely N-dealkylation sites (N-methyl/N-ethyl adjacent to an activating group) is 1. The van der Waals surface area contributed by atoms with Crippen LogP contribution in [0.1, 0.15) is 51.6 Å². The number of rotatable bonds is 10. The lowest BCUT2D eigenvalue weighted by Crippen LogP contribution is -2.49. The summed E-state index contributed by atoms with van der Waals surface area (Å²) in [5.74, 6) is 0.00623. The van der Waals surface area contributed by atoms with Crippen molar-refractivity contribution in [3.05, 3.63) is 94.9 Å². The fourth-order valence-electron chi connectivity index (χ4n) is 5.74. The maximum Gasteiger partial charge on any atom is 0.323 e. The largest absolute Gasteiger partial charge is 0.486 e. The molecule has 5 rings (SSSR count). The summed E-state index contributed by atoms with van der Waals surface area (Å²) < 4.78 is 11.8. The molecule has 2 heterocycles. The minimum absolute atomic E-state index is 0.144. The van der Waals surface area contributed by atoms with Crippen molar-refractivity contribution in [2.75, 3.05) is 48.4 Å². The van der Waals surface area contributed by atoms with E-state index in [2.05, 4.69) is 26.0 Å². The number of hydrogen-bond acceptors (Lipinski definition) is 9. The third kappa shape index (κ3) is 8.19. The van der Waals surface area contributed by atoms with E-state index in [9.17, 15) is 19.5 Å². The van der Waals surface area contributed by atoms with Crippen LogP contribution in [0.5, 0.6) is 5.75 Å². The molecule has 1 aliphatic heterocycles. The molecule has 0 radical (unpaired) electrons. The van der Waals surface area contributed by atoms with Crippen molar-refractivity contribution >= 4 is 40.6 Å². The normalized spacial score (nSPS) is 16.6. The van der Waals surface area contributed by atoms with Gasteiger partial charge in [0.2, 0.25) is 0 Å². The van der Waals surface area contributed by atoms with E-state index < -0.39 is 18.2 Å². The van der Waals surface area contributed by atoms with Crippen molar-refractivity contribution in [2.24, 2.45) is 5.92 Å². The number of aliphatic hydroxyl groups excluding tert-OH is 1. The first-order valence-corrected chi connectivity index (χ1v) is 16.1. The van der Waals surface area contributed by atoms with Crippen LogP contribution < -0.4 is 26.4 Å². The number of aliphatic hydroxyl groups is 1. The Kier molecular flexibility index (Phi) is 10.8. The van der Waals surface area contributed by atoms with Gasteiger partial charge < -0.3 is 41.0 Å². The highest BCUT2D eigenvalue weighted by molar-refractivity contribution is 6.06. The predicted molar refractivity (Wildman–Crippen MR) is 188 cm³/mol. The quantitative estimate of drug-likeness (QED) is 0.144. The van der Waals surface area contributed by atoms with Gasteiger partial charge in [0.15, 0.2) is 11.5 Å². The van der Waals surface area contributed by atoms with E-state index in [4.69, 9.17) is 15.0 Å². The molecule has 0 unspecified atom stereocenters. The van der Waals surface area contributed by atoms with Crippen molar-refractivity contribution in [2.45, 2.75) is 46.4 Å². The van der Waals surface area contributed by atoms with Crippen LogP contribution in [0.25, 0.3) is 0 Å². The Balaban J connectivity index is 1.34. The number of urea groups is 1. The molecular weight excluding hydrogens is 626 g/mol. The van der Waals surface area contributed by atoms with Crippen LogP contribution in [0, 0.1) is 19.8 Å². The van der Waals surface area contributed by atoms with E-state index in [-0.39, 0.29) is 35.7 Å². The molecule has 6 N–H and O–H groups in total. The molecule has 0 saturated heterocycles. The van der Waals surface area contributed by atoms with Crippen LogP contribution in [-0.4, -0.2) is 76.8 Å². The average molecular weight is 670 g/mol. The number of ether oxygens (including phenoxy) is 1. The lowest BCUT2D eigenvalue weighted by Gasteiger charge is -2.38. The second-order valence-electron chi connectivity index (χ2n) is 12.5. The third-order valence-corrected chi connectivity index (χ3v) is 8.58. The summed E-state index contributed by atoms with van der Waals surface area (Å²) in [6.07, 6.45) is -0.403. The van der Waals surface area contributed by atoms with Gasteiger partial charge in [-0.15, -0.1) is 0 Å². The molecule has 49 heavy (non-hydrogen) atoms. The predicted octanol–water partition coefficient (Wildman–Crippen LogP) is 5.12. The number of nitrogens with two attached hydrogens (primary N) is 1. The molecule has 0 saturated carbocycles. The molecule has 3 aromatic carbocycles. The molecule has 258 valence electrons. The van der Waals surface area contributed by atoms with Gasteiger partial charge in [-0.3, -0.25) is 14.5 Å². The molecule has 4 aromatic rings. The van der Waals surface area contributed by atoms with Gasteiger partial charge in [0.05, 0.1) is 35.3 Å². The van der Waals surface area contributed by atoms with E-state index in [1.54, 1.807) is 74.2 Å². The summed E-state index contributed by atoms with van der Waals surface area (Å²) in [7, 11) is 1.97. The zero-order valence-electron chi connectivity index (χ0n) is 28.3. The molecular formula is C36H43N7O6. The number of nitrogen functional groups attached to an aromatic ring is 1. The second kappa shape index (κ2) is 15.2. The molecule has 0 fully saturated rings. The maximum absolute atomic E-state index is 13.8. The number of anilines is 4. The summed E-state index contributed by atoms with van der Waals surface area (Å²) in [4.78, 5) is 43.5. The first-order chi connectivity index (χ1) is 23.4. The molecule has 1 aliphatic rings. The van der Waals surface area contributed by atoms with Gasteiger partial charge in [-0.1, -0.05) is 42.4 Å². The van der Waals surface area contributed by atoms with Gasteiger partial charge in [-0.2, -0.15) is 0 Å². The average Bonchev–Trinajstić information content (AvgIpc) is 3.39. The van der Waals surface area contributed by atoms with Crippen LogP contribution in [0.4, 0.5) is 27.5 Å². The SMILES string of the molecule is Cc1noc(C)c1NC(=O)Nc1cccc2c1O[C@H](CN(C)Cc1ccc(C(=O)Nc3ccccc3N)cc1)[C@H](C)CN([C@H](C)CO)C2=O. The number of aryl methyl sites for hydroxylation is 2. The summed E-state index contributed by atoms with van der Waals surface area (Å²) in [5, 5.41) is 22.3. The number of carbonyl (C=O) groups excluding carboxylic acids is 3. The summed E-state index contributed by atoms with van der Waals surface area (Å²) in [5.41, 5.74) is 10.1. The first-order valence-electron chi connectivity index (χ1n) is 16.1. The Hall–Kier alpha value is -5.40. The number of benzene rings is 3. The topological polar surface area (TPSA) is 175 Å². The Morgan fingerprint density at radius 1 is 1.04 bits per heavy atom. The summed E-state index contributed by atoms with van der Waals surface area (Å²) in [6.45, 7) is 8.41. The number of nitrogens with zero attached hydrogens (tertiary/aromatic N) is 3.